The summed E-state index contributed by atoms with van der Waals surface area (Å²) in [5.41, 5.74) is 2.86. The van der Waals surface area contributed by atoms with E-state index in [1.807, 2.05) is 47.0 Å². The summed E-state index contributed by atoms with van der Waals surface area (Å²) in [5, 5.41) is 0. The molecular weight excluding hydrogens is 395 g/mol. The standard InChI is InChI=1S/C21H37NS4/c1-7-23-14-20(5,15-24-8-2)18-12-11-13-19(22-18)21(6,16-25-9-3)17-26-10-4/h11-13H,7-10,14-17H2,1-6H3. The van der Waals surface area contributed by atoms with Crippen LogP contribution in [0.5, 0.6) is 0 Å². The van der Waals surface area contributed by atoms with Crippen LogP contribution in [0.15, 0.2) is 18.2 Å². The highest BCUT2D eigenvalue weighted by Gasteiger charge is 2.32. The van der Waals surface area contributed by atoms with Gasteiger partial charge >= 0.3 is 0 Å². The van der Waals surface area contributed by atoms with E-state index in [1.165, 1.54) is 34.4 Å². The molecule has 1 aromatic heterocycles. The average molecular weight is 432 g/mol. The Hall–Kier alpha value is 0.550. The van der Waals surface area contributed by atoms with Gasteiger partial charge in [-0.1, -0.05) is 47.6 Å². The molecule has 0 spiro atoms. The van der Waals surface area contributed by atoms with Gasteiger partial charge in [0, 0.05) is 45.2 Å². The maximum Gasteiger partial charge on any atom is 0.0482 e. The first-order valence-electron chi connectivity index (χ1n) is 9.74. The molecule has 0 bridgehead atoms. The van der Waals surface area contributed by atoms with Crippen LogP contribution in [-0.2, 0) is 10.8 Å². The smallest absolute Gasteiger partial charge is 0.0482 e. The van der Waals surface area contributed by atoms with Crippen molar-refractivity contribution in [2.45, 2.75) is 52.4 Å². The molecule has 0 aliphatic carbocycles. The summed E-state index contributed by atoms with van der Waals surface area (Å²) in [7, 11) is 0. The Labute approximate surface area is 179 Å². The van der Waals surface area contributed by atoms with Crippen molar-refractivity contribution in [3.8, 4) is 0 Å². The van der Waals surface area contributed by atoms with Crippen LogP contribution in [0.2, 0.25) is 0 Å². The van der Waals surface area contributed by atoms with E-state index >= 15 is 0 Å². The van der Waals surface area contributed by atoms with E-state index in [4.69, 9.17) is 4.98 Å². The lowest BCUT2D eigenvalue weighted by Crippen LogP contribution is -2.34. The first kappa shape index (κ1) is 24.6. The first-order valence-corrected chi connectivity index (χ1v) is 14.4. The summed E-state index contributed by atoms with van der Waals surface area (Å²) < 4.78 is 0. The van der Waals surface area contributed by atoms with Gasteiger partial charge in [0.2, 0.25) is 0 Å². The predicted molar refractivity (Wildman–Crippen MR) is 131 cm³/mol. The molecule has 150 valence electrons. The second kappa shape index (κ2) is 12.9. The van der Waals surface area contributed by atoms with Crippen LogP contribution >= 0.6 is 47.0 Å². The second-order valence-electron chi connectivity index (χ2n) is 7.08. The molecule has 1 rings (SSSR count). The zero-order chi connectivity index (χ0) is 19.5. The molecule has 0 aromatic carbocycles. The highest BCUT2D eigenvalue weighted by Crippen LogP contribution is 2.35. The third-order valence-electron chi connectivity index (χ3n) is 4.48. The summed E-state index contributed by atoms with van der Waals surface area (Å²) in [6.07, 6.45) is 0. The van der Waals surface area contributed by atoms with Crippen molar-refractivity contribution in [3.05, 3.63) is 29.6 Å². The Morgan fingerprint density at radius 2 is 0.962 bits per heavy atom. The van der Waals surface area contributed by atoms with Gasteiger partial charge in [0.05, 0.1) is 0 Å². The molecule has 0 fully saturated rings. The van der Waals surface area contributed by atoms with E-state index in [9.17, 15) is 0 Å². The van der Waals surface area contributed by atoms with Crippen LogP contribution in [0.1, 0.15) is 52.9 Å². The SMILES string of the molecule is CCSCC(C)(CSCC)c1cccc(C(C)(CSCC)CSCC)n1. The van der Waals surface area contributed by atoms with Crippen molar-refractivity contribution in [2.75, 3.05) is 46.0 Å². The Balaban J connectivity index is 3.17. The van der Waals surface area contributed by atoms with Gasteiger partial charge in [0.15, 0.2) is 0 Å². The summed E-state index contributed by atoms with van der Waals surface area (Å²) in [4.78, 5) is 5.28. The van der Waals surface area contributed by atoms with Crippen molar-refractivity contribution in [2.24, 2.45) is 0 Å². The van der Waals surface area contributed by atoms with Crippen LogP contribution in [0.3, 0.4) is 0 Å². The van der Waals surface area contributed by atoms with Gasteiger partial charge in [0.1, 0.15) is 0 Å². The minimum Gasteiger partial charge on any atom is -0.257 e. The molecule has 0 N–H and O–H groups in total. The van der Waals surface area contributed by atoms with Gasteiger partial charge in [-0.05, 0) is 35.1 Å². The molecule has 1 aromatic rings. The molecule has 26 heavy (non-hydrogen) atoms. The molecule has 0 radical (unpaired) electrons. The van der Waals surface area contributed by atoms with Crippen LogP contribution < -0.4 is 0 Å². The lowest BCUT2D eigenvalue weighted by Gasteiger charge is -2.32. The van der Waals surface area contributed by atoms with E-state index < -0.39 is 0 Å². The first-order chi connectivity index (χ1) is 12.5. The van der Waals surface area contributed by atoms with Gasteiger partial charge in [0.25, 0.3) is 0 Å². The lowest BCUT2D eigenvalue weighted by atomic mass is 9.87. The molecule has 0 saturated carbocycles. The van der Waals surface area contributed by atoms with Gasteiger partial charge in [-0.25, -0.2) is 0 Å². The Bertz CT molecular complexity index is 449. The number of pyridine rings is 1. The summed E-state index contributed by atoms with van der Waals surface area (Å²) >= 11 is 8.16. The quantitative estimate of drug-likeness (QED) is 0.328. The number of aromatic nitrogens is 1. The van der Waals surface area contributed by atoms with Crippen molar-refractivity contribution in [1.29, 1.82) is 0 Å². The van der Waals surface area contributed by atoms with Crippen molar-refractivity contribution in [1.82, 2.24) is 4.98 Å². The largest absolute Gasteiger partial charge is 0.257 e. The molecular formula is C21H37NS4. The predicted octanol–water partition coefficient (Wildman–Crippen LogP) is 6.61. The molecule has 0 atom stereocenters. The third kappa shape index (κ3) is 7.52. The highest BCUT2D eigenvalue weighted by molar-refractivity contribution is 8.00. The van der Waals surface area contributed by atoms with Crippen molar-refractivity contribution < 1.29 is 0 Å². The summed E-state index contributed by atoms with van der Waals surface area (Å²) in [6.45, 7) is 13.8. The fraction of sp³-hybridized carbons (Fsp3) is 0.762. The molecule has 1 heterocycles. The van der Waals surface area contributed by atoms with Crippen LogP contribution in [0.25, 0.3) is 0 Å². The van der Waals surface area contributed by atoms with E-state index in [0.29, 0.717) is 0 Å². The Kier molecular flexibility index (Phi) is 12.2. The summed E-state index contributed by atoms with van der Waals surface area (Å²) in [6, 6.07) is 6.77. The summed E-state index contributed by atoms with van der Waals surface area (Å²) in [5.74, 6) is 9.28. The van der Waals surface area contributed by atoms with Crippen LogP contribution in [-0.4, -0.2) is 51.0 Å². The minimum absolute atomic E-state index is 0.147. The van der Waals surface area contributed by atoms with Gasteiger partial charge in [-0.2, -0.15) is 47.0 Å². The number of nitrogens with zero attached hydrogens (tertiary/aromatic N) is 1. The molecule has 0 saturated heterocycles. The van der Waals surface area contributed by atoms with E-state index in [-0.39, 0.29) is 10.8 Å². The topological polar surface area (TPSA) is 12.9 Å². The van der Waals surface area contributed by atoms with E-state index in [1.54, 1.807) is 0 Å². The minimum atomic E-state index is 0.147. The molecule has 0 aliphatic rings. The van der Waals surface area contributed by atoms with Gasteiger partial charge in [-0.3, -0.25) is 4.98 Å². The van der Waals surface area contributed by atoms with Crippen LogP contribution in [0, 0.1) is 0 Å². The molecule has 0 aliphatic heterocycles. The van der Waals surface area contributed by atoms with Crippen molar-refractivity contribution in [3.63, 3.8) is 0 Å². The normalized spacial score (nSPS) is 12.5. The van der Waals surface area contributed by atoms with Crippen LogP contribution in [0.4, 0.5) is 0 Å². The molecule has 1 nitrogen and oxygen atoms in total. The molecule has 0 unspecified atom stereocenters. The Morgan fingerprint density at radius 1 is 0.654 bits per heavy atom. The fourth-order valence-corrected chi connectivity index (χ4v) is 6.67. The van der Waals surface area contributed by atoms with Gasteiger partial charge < -0.3 is 0 Å². The average Bonchev–Trinajstić information content (AvgIpc) is 2.67. The number of hydrogen-bond donors (Lipinski definition) is 0. The van der Waals surface area contributed by atoms with Crippen molar-refractivity contribution >= 4 is 47.0 Å². The Morgan fingerprint density at radius 3 is 1.23 bits per heavy atom. The number of hydrogen-bond acceptors (Lipinski definition) is 5. The highest BCUT2D eigenvalue weighted by atomic mass is 32.2. The van der Waals surface area contributed by atoms with E-state index in [2.05, 4.69) is 59.7 Å². The second-order valence-corrected chi connectivity index (χ2v) is 12.2. The zero-order valence-electron chi connectivity index (χ0n) is 17.5. The number of thioether (sulfide) groups is 4. The van der Waals surface area contributed by atoms with Gasteiger partial charge in [-0.15, -0.1) is 0 Å². The van der Waals surface area contributed by atoms with E-state index in [0.717, 1.165) is 23.0 Å². The zero-order valence-corrected chi connectivity index (χ0v) is 20.7. The fourth-order valence-electron chi connectivity index (χ4n) is 2.80. The monoisotopic (exact) mass is 431 g/mol. The molecule has 0 amide bonds. The third-order valence-corrected chi connectivity index (χ3v) is 9.48. The molecule has 5 heteroatoms. The maximum absolute atomic E-state index is 5.28. The number of rotatable bonds is 14. The lowest BCUT2D eigenvalue weighted by molar-refractivity contribution is 0.552. The maximum atomic E-state index is 5.28.